The summed E-state index contributed by atoms with van der Waals surface area (Å²) in [6, 6.07) is -0.0295. The van der Waals surface area contributed by atoms with Crippen molar-refractivity contribution in [2.45, 2.75) is 59.0 Å². The average molecular weight is 226 g/mol. The molecule has 1 saturated carbocycles. The molecule has 3 N–H and O–H groups in total. The molecule has 0 radical (unpaired) electrons. The molecule has 3 nitrogen and oxygen atoms in total. The summed E-state index contributed by atoms with van der Waals surface area (Å²) < 4.78 is 0. The largest absolute Gasteiger partial charge is 0.352 e. The second-order valence-electron chi connectivity index (χ2n) is 5.74. The lowest BCUT2D eigenvalue weighted by Crippen LogP contribution is -2.49. The molecule has 4 atom stereocenters. The van der Waals surface area contributed by atoms with Crippen LogP contribution in [0.25, 0.3) is 0 Å². The van der Waals surface area contributed by atoms with E-state index in [1.807, 2.05) is 13.8 Å². The molecule has 0 aromatic rings. The number of amides is 1. The van der Waals surface area contributed by atoms with Crippen molar-refractivity contribution in [3.8, 4) is 0 Å². The third-order valence-electron chi connectivity index (χ3n) is 3.97. The highest BCUT2D eigenvalue weighted by Crippen LogP contribution is 2.29. The van der Waals surface area contributed by atoms with E-state index in [9.17, 15) is 4.79 Å². The standard InChI is InChI=1S/C13H26N2O/c1-8(2)12(14)13(16)15-11-6-5-9(3)10(4)7-11/h8-12H,5-7,14H2,1-4H3,(H,15,16)/t9?,10-,11?,12?/m1/s1. The van der Waals surface area contributed by atoms with Gasteiger partial charge < -0.3 is 11.1 Å². The lowest BCUT2D eigenvalue weighted by molar-refractivity contribution is -0.124. The summed E-state index contributed by atoms with van der Waals surface area (Å²) in [5, 5.41) is 3.09. The molecule has 3 heteroatoms. The molecule has 0 heterocycles. The van der Waals surface area contributed by atoms with E-state index in [1.54, 1.807) is 0 Å². The van der Waals surface area contributed by atoms with Gasteiger partial charge >= 0.3 is 0 Å². The van der Waals surface area contributed by atoms with Crippen LogP contribution in [0.2, 0.25) is 0 Å². The monoisotopic (exact) mass is 226 g/mol. The lowest BCUT2D eigenvalue weighted by Gasteiger charge is -2.33. The third-order valence-corrected chi connectivity index (χ3v) is 3.97. The number of rotatable bonds is 3. The first-order valence-electron chi connectivity index (χ1n) is 6.47. The fourth-order valence-corrected chi connectivity index (χ4v) is 2.28. The van der Waals surface area contributed by atoms with Gasteiger partial charge in [-0.15, -0.1) is 0 Å². The molecule has 3 unspecified atom stereocenters. The van der Waals surface area contributed by atoms with Crippen LogP contribution < -0.4 is 11.1 Å². The molecule has 0 spiro atoms. The minimum absolute atomic E-state index is 0.0155. The smallest absolute Gasteiger partial charge is 0.237 e. The maximum absolute atomic E-state index is 11.8. The van der Waals surface area contributed by atoms with E-state index in [1.165, 1.54) is 6.42 Å². The Bertz CT molecular complexity index is 240. The predicted octanol–water partition coefficient (Wildman–Crippen LogP) is 1.91. The fourth-order valence-electron chi connectivity index (χ4n) is 2.28. The molecule has 0 aromatic carbocycles. The lowest BCUT2D eigenvalue weighted by atomic mass is 9.79. The molecular weight excluding hydrogens is 200 g/mol. The summed E-state index contributed by atoms with van der Waals surface area (Å²) in [4.78, 5) is 11.8. The van der Waals surface area contributed by atoms with E-state index < -0.39 is 0 Å². The Kier molecular flexibility index (Phi) is 4.78. The molecule has 94 valence electrons. The molecule has 16 heavy (non-hydrogen) atoms. The van der Waals surface area contributed by atoms with Crippen LogP contribution in [0.15, 0.2) is 0 Å². The van der Waals surface area contributed by atoms with Crippen LogP contribution in [-0.2, 0) is 4.79 Å². The molecule has 1 amide bonds. The number of hydrogen-bond acceptors (Lipinski definition) is 2. The second kappa shape index (κ2) is 5.67. The summed E-state index contributed by atoms with van der Waals surface area (Å²) >= 11 is 0. The minimum atomic E-state index is -0.366. The van der Waals surface area contributed by atoms with E-state index in [4.69, 9.17) is 5.73 Å². The van der Waals surface area contributed by atoms with Crippen molar-refractivity contribution < 1.29 is 4.79 Å². The first kappa shape index (κ1) is 13.5. The first-order valence-corrected chi connectivity index (χ1v) is 6.47. The highest BCUT2D eigenvalue weighted by atomic mass is 16.2. The van der Waals surface area contributed by atoms with Crippen LogP contribution in [0.5, 0.6) is 0 Å². The van der Waals surface area contributed by atoms with Crippen LogP contribution in [0, 0.1) is 17.8 Å². The normalized spacial score (nSPS) is 32.5. The summed E-state index contributed by atoms with van der Waals surface area (Å²) in [5.41, 5.74) is 5.83. The van der Waals surface area contributed by atoms with Crippen molar-refractivity contribution >= 4 is 5.91 Å². The number of hydrogen-bond donors (Lipinski definition) is 2. The second-order valence-corrected chi connectivity index (χ2v) is 5.74. The van der Waals surface area contributed by atoms with Gasteiger partial charge in [-0.05, 0) is 37.0 Å². The van der Waals surface area contributed by atoms with Gasteiger partial charge in [0.1, 0.15) is 0 Å². The molecule has 0 saturated heterocycles. The Morgan fingerprint density at radius 3 is 2.38 bits per heavy atom. The van der Waals surface area contributed by atoms with Crippen molar-refractivity contribution in [1.29, 1.82) is 0 Å². The number of nitrogens with two attached hydrogens (primary N) is 1. The zero-order valence-electron chi connectivity index (χ0n) is 11.0. The molecule has 1 aliphatic rings. The van der Waals surface area contributed by atoms with Gasteiger partial charge in [0, 0.05) is 6.04 Å². The van der Waals surface area contributed by atoms with Crippen LogP contribution in [-0.4, -0.2) is 18.0 Å². The van der Waals surface area contributed by atoms with Crippen molar-refractivity contribution in [2.24, 2.45) is 23.5 Å². The Balaban J connectivity index is 2.40. The average Bonchev–Trinajstić information content (AvgIpc) is 2.22. The summed E-state index contributed by atoms with van der Waals surface area (Å²) in [6.07, 6.45) is 3.41. The van der Waals surface area contributed by atoms with Gasteiger partial charge in [-0.25, -0.2) is 0 Å². The quantitative estimate of drug-likeness (QED) is 0.772. The van der Waals surface area contributed by atoms with Gasteiger partial charge in [0.2, 0.25) is 5.91 Å². The van der Waals surface area contributed by atoms with E-state index in [0.29, 0.717) is 12.0 Å². The van der Waals surface area contributed by atoms with Gasteiger partial charge in [0.05, 0.1) is 6.04 Å². The Morgan fingerprint density at radius 2 is 1.88 bits per heavy atom. The molecular formula is C13H26N2O. The van der Waals surface area contributed by atoms with Gasteiger partial charge in [-0.1, -0.05) is 27.7 Å². The molecule has 1 aliphatic carbocycles. The minimum Gasteiger partial charge on any atom is -0.352 e. The third kappa shape index (κ3) is 3.48. The van der Waals surface area contributed by atoms with Crippen molar-refractivity contribution in [1.82, 2.24) is 5.32 Å². The fraction of sp³-hybridized carbons (Fsp3) is 0.923. The SMILES string of the molecule is CC(C)C(N)C(=O)NC1CCC(C)[C@H](C)C1. The van der Waals surface area contributed by atoms with Gasteiger partial charge in [-0.2, -0.15) is 0 Å². The summed E-state index contributed by atoms with van der Waals surface area (Å²) in [5.74, 6) is 1.71. The Labute approximate surface area is 99.2 Å². The maximum atomic E-state index is 11.8. The first-order chi connectivity index (χ1) is 7.41. The number of nitrogens with one attached hydrogen (secondary N) is 1. The van der Waals surface area contributed by atoms with Gasteiger partial charge in [0.25, 0.3) is 0 Å². The van der Waals surface area contributed by atoms with Crippen LogP contribution in [0.3, 0.4) is 0 Å². The predicted molar refractivity (Wildman–Crippen MR) is 66.9 cm³/mol. The van der Waals surface area contributed by atoms with Gasteiger partial charge in [-0.3, -0.25) is 4.79 Å². The highest BCUT2D eigenvalue weighted by Gasteiger charge is 2.27. The van der Waals surface area contributed by atoms with E-state index in [-0.39, 0.29) is 17.9 Å². The molecule has 1 fully saturated rings. The Morgan fingerprint density at radius 1 is 1.25 bits per heavy atom. The van der Waals surface area contributed by atoms with Crippen LogP contribution in [0.1, 0.15) is 47.0 Å². The Hall–Kier alpha value is -0.570. The highest BCUT2D eigenvalue weighted by molar-refractivity contribution is 5.82. The van der Waals surface area contributed by atoms with Crippen LogP contribution in [0.4, 0.5) is 0 Å². The van der Waals surface area contributed by atoms with E-state index in [2.05, 4.69) is 19.2 Å². The van der Waals surface area contributed by atoms with Crippen molar-refractivity contribution in [3.05, 3.63) is 0 Å². The molecule has 1 rings (SSSR count). The number of carbonyl (C=O) groups excluding carboxylic acids is 1. The topological polar surface area (TPSA) is 55.1 Å². The number of carbonyl (C=O) groups is 1. The van der Waals surface area contributed by atoms with E-state index >= 15 is 0 Å². The zero-order valence-corrected chi connectivity index (χ0v) is 11.0. The molecule has 0 aliphatic heterocycles. The van der Waals surface area contributed by atoms with E-state index in [0.717, 1.165) is 18.8 Å². The molecule has 0 aromatic heterocycles. The van der Waals surface area contributed by atoms with Gasteiger partial charge in [0.15, 0.2) is 0 Å². The zero-order chi connectivity index (χ0) is 12.3. The van der Waals surface area contributed by atoms with Crippen LogP contribution >= 0.6 is 0 Å². The molecule has 0 bridgehead atoms. The maximum Gasteiger partial charge on any atom is 0.237 e. The summed E-state index contributed by atoms with van der Waals surface area (Å²) in [7, 11) is 0. The summed E-state index contributed by atoms with van der Waals surface area (Å²) in [6.45, 7) is 8.53. The van der Waals surface area contributed by atoms with Crippen molar-refractivity contribution in [3.63, 3.8) is 0 Å². The van der Waals surface area contributed by atoms with Crippen molar-refractivity contribution in [2.75, 3.05) is 0 Å².